The van der Waals surface area contributed by atoms with E-state index in [1.807, 2.05) is 0 Å². The van der Waals surface area contributed by atoms with Crippen molar-refractivity contribution >= 4 is 76.3 Å². The molecule has 2 aromatic heterocycles. The van der Waals surface area contributed by atoms with E-state index in [9.17, 15) is 0 Å². The molecule has 52 heavy (non-hydrogen) atoms. The van der Waals surface area contributed by atoms with Crippen LogP contribution in [0, 0.1) is 0 Å². The van der Waals surface area contributed by atoms with E-state index >= 15 is 0 Å². The summed E-state index contributed by atoms with van der Waals surface area (Å²) in [5.41, 5.74) is 10.7. The summed E-state index contributed by atoms with van der Waals surface area (Å²) >= 11 is 1.80. The fourth-order valence-electron chi connectivity index (χ4n) is 8.11. The van der Waals surface area contributed by atoms with Crippen LogP contribution in [0.1, 0.15) is 22.2 Å². The lowest BCUT2D eigenvalue weighted by Crippen LogP contribution is -2.19. The van der Waals surface area contributed by atoms with E-state index in [0.29, 0.717) is 0 Å². The summed E-state index contributed by atoms with van der Waals surface area (Å²) in [5, 5.41) is 12.2. The van der Waals surface area contributed by atoms with Gasteiger partial charge in [-0.15, -0.1) is 11.3 Å². The lowest BCUT2D eigenvalue weighted by molar-refractivity contribution is 0.669. The molecule has 3 heterocycles. The number of nitrogens with one attached hydrogen (secondary N) is 1. The number of aliphatic imine (C=N–C) groups is 1. The highest BCUT2D eigenvalue weighted by Crippen LogP contribution is 2.46. The first-order chi connectivity index (χ1) is 25.8. The van der Waals surface area contributed by atoms with E-state index in [-0.39, 0.29) is 6.17 Å². The zero-order valence-electron chi connectivity index (χ0n) is 28.0. The van der Waals surface area contributed by atoms with Crippen LogP contribution in [0.2, 0.25) is 0 Å². The summed E-state index contributed by atoms with van der Waals surface area (Å²) in [6, 6.07) is 60.6. The molecule has 0 bridgehead atoms. The topological polar surface area (TPSA) is 37.5 Å². The van der Waals surface area contributed by atoms with Crippen LogP contribution >= 0.6 is 11.3 Å². The first kappa shape index (κ1) is 29.3. The molecule has 0 spiro atoms. The van der Waals surface area contributed by atoms with Gasteiger partial charge in [0.2, 0.25) is 0 Å². The van der Waals surface area contributed by atoms with Gasteiger partial charge in [0.05, 0.1) is 16.3 Å². The molecule has 4 heteroatoms. The van der Waals surface area contributed by atoms with Crippen LogP contribution in [0.4, 0.5) is 5.69 Å². The van der Waals surface area contributed by atoms with E-state index < -0.39 is 0 Å². The summed E-state index contributed by atoms with van der Waals surface area (Å²) in [6.07, 6.45) is -0.316. The van der Waals surface area contributed by atoms with Gasteiger partial charge in [0.15, 0.2) is 0 Å². The number of hydrogen-bond donors (Lipinski definition) is 1. The quantitative estimate of drug-likeness (QED) is 0.188. The van der Waals surface area contributed by atoms with Crippen LogP contribution in [0.3, 0.4) is 0 Å². The number of thiophene rings is 1. The lowest BCUT2D eigenvalue weighted by atomic mass is 9.92. The zero-order chi connectivity index (χ0) is 34.2. The van der Waals surface area contributed by atoms with Crippen molar-refractivity contribution in [1.29, 1.82) is 0 Å². The van der Waals surface area contributed by atoms with Crippen molar-refractivity contribution in [3.8, 4) is 22.3 Å². The molecule has 1 aliphatic heterocycles. The van der Waals surface area contributed by atoms with Gasteiger partial charge in [-0.2, -0.15) is 0 Å². The Morgan fingerprint density at radius 3 is 2.06 bits per heavy atom. The molecule has 0 fully saturated rings. The Balaban J connectivity index is 1.10. The predicted octanol–water partition coefficient (Wildman–Crippen LogP) is 13.4. The molecule has 244 valence electrons. The molecule has 1 aliphatic rings. The Kier molecular flexibility index (Phi) is 6.48. The summed E-state index contributed by atoms with van der Waals surface area (Å²) in [7, 11) is 0. The van der Waals surface area contributed by atoms with E-state index in [2.05, 4.69) is 175 Å². The molecule has 11 rings (SSSR count). The summed E-state index contributed by atoms with van der Waals surface area (Å²) in [5.74, 6) is 0. The van der Waals surface area contributed by atoms with Gasteiger partial charge in [0, 0.05) is 37.5 Å². The SMILES string of the molecule is c1ccc(-c2ccc(C3=NC(c4cccc5oc6c(-c7cc8ccccc8c8ccccc78)cccc6c45)Nc4c3sc3ccccc43)cc2)cc1. The second-order valence-corrected chi connectivity index (χ2v) is 14.5. The van der Waals surface area contributed by atoms with Crippen molar-refractivity contribution in [1.82, 2.24) is 0 Å². The molecule has 10 aromatic rings. The third kappa shape index (κ3) is 4.48. The highest BCUT2D eigenvalue weighted by Gasteiger charge is 2.29. The molecule has 3 nitrogen and oxygen atoms in total. The van der Waals surface area contributed by atoms with Crippen LogP contribution in [-0.2, 0) is 0 Å². The Labute approximate surface area is 304 Å². The van der Waals surface area contributed by atoms with Gasteiger partial charge in [-0.1, -0.05) is 152 Å². The molecule has 1 atom stereocenters. The zero-order valence-corrected chi connectivity index (χ0v) is 28.8. The smallest absolute Gasteiger partial charge is 0.146 e. The minimum atomic E-state index is -0.316. The maximum absolute atomic E-state index is 6.85. The monoisotopic (exact) mass is 682 g/mol. The molecule has 0 saturated heterocycles. The van der Waals surface area contributed by atoms with E-state index in [1.165, 1.54) is 53.2 Å². The highest BCUT2D eigenvalue weighted by molar-refractivity contribution is 7.22. The number of anilines is 1. The lowest BCUT2D eigenvalue weighted by Gasteiger charge is -2.25. The molecule has 0 aliphatic carbocycles. The van der Waals surface area contributed by atoms with Gasteiger partial charge < -0.3 is 9.73 Å². The molecule has 0 saturated carbocycles. The number of hydrogen-bond acceptors (Lipinski definition) is 4. The fourth-order valence-corrected chi connectivity index (χ4v) is 9.29. The number of rotatable bonds is 4. The Morgan fingerprint density at radius 2 is 1.19 bits per heavy atom. The van der Waals surface area contributed by atoms with Crippen LogP contribution in [0.15, 0.2) is 179 Å². The van der Waals surface area contributed by atoms with Gasteiger partial charge >= 0.3 is 0 Å². The molecule has 0 radical (unpaired) electrons. The third-order valence-corrected chi connectivity index (χ3v) is 11.7. The molecule has 1 unspecified atom stereocenters. The van der Waals surface area contributed by atoms with Crippen LogP contribution in [-0.4, -0.2) is 5.71 Å². The number of para-hydroxylation sites is 1. The summed E-state index contributed by atoms with van der Waals surface area (Å²) in [6.45, 7) is 0. The van der Waals surface area contributed by atoms with E-state index in [1.54, 1.807) is 11.3 Å². The minimum absolute atomic E-state index is 0.316. The second kappa shape index (κ2) is 11.5. The molecule has 8 aromatic carbocycles. The van der Waals surface area contributed by atoms with Crippen molar-refractivity contribution in [2.75, 3.05) is 5.32 Å². The normalized spacial score (nSPS) is 14.2. The molecule has 0 amide bonds. The van der Waals surface area contributed by atoms with Crippen LogP contribution < -0.4 is 5.32 Å². The van der Waals surface area contributed by atoms with Crippen molar-refractivity contribution in [2.45, 2.75) is 6.17 Å². The Bertz CT molecular complexity index is 3040. The fraction of sp³-hybridized carbons (Fsp3) is 0.0208. The highest BCUT2D eigenvalue weighted by atomic mass is 32.1. The van der Waals surface area contributed by atoms with Crippen molar-refractivity contribution in [3.63, 3.8) is 0 Å². The average molecular weight is 683 g/mol. The maximum Gasteiger partial charge on any atom is 0.146 e. The number of benzene rings is 8. The van der Waals surface area contributed by atoms with Gasteiger partial charge in [-0.05, 0) is 56.4 Å². The first-order valence-electron chi connectivity index (χ1n) is 17.7. The van der Waals surface area contributed by atoms with Crippen molar-refractivity contribution < 1.29 is 4.42 Å². The van der Waals surface area contributed by atoms with Gasteiger partial charge in [-0.3, -0.25) is 4.99 Å². The molecule has 1 N–H and O–H groups in total. The number of fused-ring (bicyclic) bond motifs is 9. The average Bonchev–Trinajstić information content (AvgIpc) is 3.79. The van der Waals surface area contributed by atoms with Gasteiger partial charge in [-0.25, -0.2) is 0 Å². The first-order valence-corrected chi connectivity index (χ1v) is 18.5. The van der Waals surface area contributed by atoms with Gasteiger partial charge in [0.1, 0.15) is 17.3 Å². The Hall–Kier alpha value is -6.49. The summed E-state index contributed by atoms with van der Waals surface area (Å²) < 4.78 is 8.09. The Morgan fingerprint density at radius 1 is 0.519 bits per heavy atom. The maximum atomic E-state index is 6.85. The summed E-state index contributed by atoms with van der Waals surface area (Å²) in [4.78, 5) is 6.69. The molecular formula is C48H30N2OS. The van der Waals surface area contributed by atoms with Crippen molar-refractivity contribution in [2.24, 2.45) is 4.99 Å². The predicted molar refractivity (Wildman–Crippen MR) is 220 cm³/mol. The standard InChI is InChI=1S/C48H30N2OS/c1-2-12-29(13-3-1)30-24-26-31(27-25-30)44-47-45(37-18-8-9-23-42(37)52-47)50-48(49-44)39-21-11-22-41-43(39)38-20-10-19-36(46(38)51-41)40-28-32-14-4-5-15-33(32)34-16-6-7-17-35(34)40/h1-28,48,50H. The van der Waals surface area contributed by atoms with Crippen LogP contribution in [0.25, 0.3) is 75.8 Å². The largest absolute Gasteiger partial charge is 0.455 e. The number of furan rings is 1. The second-order valence-electron chi connectivity index (χ2n) is 13.5. The van der Waals surface area contributed by atoms with E-state index in [0.717, 1.165) is 50.0 Å². The van der Waals surface area contributed by atoms with Crippen molar-refractivity contribution in [3.05, 3.63) is 186 Å². The van der Waals surface area contributed by atoms with Crippen LogP contribution in [0.5, 0.6) is 0 Å². The van der Waals surface area contributed by atoms with Gasteiger partial charge in [0.25, 0.3) is 0 Å². The third-order valence-electron chi connectivity index (χ3n) is 10.5. The molecular weight excluding hydrogens is 653 g/mol. The number of nitrogens with zero attached hydrogens (tertiary/aromatic N) is 1. The van der Waals surface area contributed by atoms with E-state index in [4.69, 9.17) is 9.41 Å². The minimum Gasteiger partial charge on any atom is -0.455 e.